The first-order valence-corrected chi connectivity index (χ1v) is 11.8. The fourth-order valence-corrected chi connectivity index (χ4v) is 3.96. The lowest BCUT2D eigenvalue weighted by molar-refractivity contribution is 0.0556. The zero-order chi connectivity index (χ0) is 23.6. The van der Waals surface area contributed by atoms with Crippen LogP contribution in [0.4, 0.5) is 0 Å². The van der Waals surface area contributed by atoms with Crippen molar-refractivity contribution in [3.63, 3.8) is 0 Å². The molecule has 0 spiro atoms. The van der Waals surface area contributed by atoms with Crippen molar-refractivity contribution in [3.05, 3.63) is 52.5 Å². The van der Waals surface area contributed by atoms with E-state index in [9.17, 15) is 10.2 Å². The SMILES string of the molecule is COc1cccc(OC[C@H](O)CNC2CCN(C[C@@H](O)COc3ccc(Cl)c(Cl)c3)CC2)c1. The molecule has 33 heavy (non-hydrogen) atoms. The Kier molecular flexibility index (Phi) is 10.4. The molecule has 0 saturated carbocycles. The van der Waals surface area contributed by atoms with Gasteiger partial charge < -0.3 is 34.6 Å². The van der Waals surface area contributed by atoms with Crippen molar-refractivity contribution in [2.75, 3.05) is 46.5 Å². The summed E-state index contributed by atoms with van der Waals surface area (Å²) < 4.78 is 16.4. The van der Waals surface area contributed by atoms with Gasteiger partial charge in [-0.2, -0.15) is 0 Å². The van der Waals surface area contributed by atoms with Crippen molar-refractivity contribution in [3.8, 4) is 17.2 Å². The van der Waals surface area contributed by atoms with Crippen LogP contribution in [0.3, 0.4) is 0 Å². The topological polar surface area (TPSA) is 83.4 Å². The molecule has 1 saturated heterocycles. The number of hydrogen-bond donors (Lipinski definition) is 3. The number of likely N-dealkylation sites (tertiary alicyclic amines) is 1. The van der Waals surface area contributed by atoms with Crippen molar-refractivity contribution in [1.82, 2.24) is 10.2 Å². The molecule has 0 radical (unpaired) electrons. The minimum absolute atomic E-state index is 0.190. The van der Waals surface area contributed by atoms with Gasteiger partial charge in [-0.15, -0.1) is 0 Å². The number of rotatable bonds is 12. The fourth-order valence-electron chi connectivity index (χ4n) is 3.67. The lowest BCUT2D eigenvalue weighted by atomic mass is 10.0. The summed E-state index contributed by atoms with van der Waals surface area (Å²) in [4.78, 5) is 2.23. The molecular formula is C24H32Cl2N2O5. The molecule has 3 N–H and O–H groups in total. The lowest BCUT2D eigenvalue weighted by Gasteiger charge is -2.33. The molecule has 2 aromatic rings. The standard InChI is InChI=1S/C24H32Cl2N2O5/c1-31-20-3-2-4-21(11-20)32-15-18(29)13-27-17-7-9-28(10-8-17)14-19(30)16-33-22-5-6-23(25)24(26)12-22/h2-6,11-12,17-19,27,29-30H,7-10,13-16H2,1H3/t18-,19-/m1/s1. The lowest BCUT2D eigenvalue weighted by Crippen LogP contribution is -2.47. The van der Waals surface area contributed by atoms with E-state index in [2.05, 4.69) is 10.2 Å². The molecule has 1 fully saturated rings. The van der Waals surface area contributed by atoms with Crippen molar-refractivity contribution < 1.29 is 24.4 Å². The van der Waals surface area contributed by atoms with Gasteiger partial charge in [-0.3, -0.25) is 0 Å². The van der Waals surface area contributed by atoms with Crippen LogP contribution in [0.25, 0.3) is 0 Å². The van der Waals surface area contributed by atoms with E-state index in [1.807, 2.05) is 18.2 Å². The summed E-state index contributed by atoms with van der Waals surface area (Å²) >= 11 is 11.9. The van der Waals surface area contributed by atoms with E-state index >= 15 is 0 Å². The quantitative estimate of drug-likeness (QED) is 0.414. The smallest absolute Gasteiger partial charge is 0.123 e. The number of aliphatic hydroxyl groups excluding tert-OH is 2. The molecular weight excluding hydrogens is 467 g/mol. The molecule has 0 aromatic heterocycles. The first-order chi connectivity index (χ1) is 15.9. The van der Waals surface area contributed by atoms with E-state index in [0.717, 1.165) is 31.7 Å². The molecule has 0 aliphatic carbocycles. The molecule has 3 rings (SSSR count). The zero-order valence-corrected chi connectivity index (χ0v) is 20.3. The predicted molar refractivity (Wildman–Crippen MR) is 130 cm³/mol. The summed E-state index contributed by atoms with van der Waals surface area (Å²) in [5.74, 6) is 1.97. The largest absolute Gasteiger partial charge is 0.497 e. The van der Waals surface area contributed by atoms with Gasteiger partial charge in [-0.05, 0) is 50.2 Å². The van der Waals surface area contributed by atoms with Crippen molar-refractivity contribution in [1.29, 1.82) is 0 Å². The summed E-state index contributed by atoms with van der Waals surface area (Å²) in [6.45, 7) is 3.16. The normalized spacial score (nSPS) is 16.9. The van der Waals surface area contributed by atoms with E-state index in [1.54, 1.807) is 31.4 Å². The Labute approximate surface area is 205 Å². The van der Waals surface area contributed by atoms with Crippen LogP contribution in [0.5, 0.6) is 17.2 Å². The monoisotopic (exact) mass is 498 g/mol. The molecule has 0 bridgehead atoms. The van der Waals surface area contributed by atoms with Gasteiger partial charge in [0.2, 0.25) is 0 Å². The number of ether oxygens (including phenoxy) is 3. The molecule has 1 aliphatic rings. The van der Waals surface area contributed by atoms with Crippen LogP contribution < -0.4 is 19.5 Å². The maximum absolute atomic E-state index is 10.3. The summed E-state index contributed by atoms with van der Waals surface area (Å²) in [5, 5.41) is 24.9. The van der Waals surface area contributed by atoms with Gasteiger partial charge in [-0.1, -0.05) is 29.3 Å². The average Bonchev–Trinajstić information content (AvgIpc) is 2.83. The predicted octanol–water partition coefficient (Wildman–Crippen LogP) is 3.24. The number of benzene rings is 2. The first-order valence-electron chi connectivity index (χ1n) is 11.1. The van der Waals surface area contributed by atoms with Crippen LogP contribution in [0.1, 0.15) is 12.8 Å². The fraction of sp³-hybridized carbons (Fsp3) is 0.500. The van der Waals surface area contributed by atoms with Crippen molar-refractivity contribution in [2.45, 2.75) is 31.1 Å². The van der Waals surface area contributed by atoms with Crippen molar-refractivity contribution >= 4 is 23.2 Å². The molecule has 0 amide bonds. The zero-order valence-electron chi connectivity index (χ0n) is 18.8. The highest BCUT2D eigenvalue weighted by Gasteiger charge is 2.21. The van der Waals surface area contributed by atoms with Gasteiger partial charge in [0.1, 0.15) is 42.7 Å². The number of β-amino-alcohol motifs (C(OH)–C–C–N with tert-alkyl or cyclic N) is 1. The second-order valence-electron chi connectivity index (χ2n) is 8.17. The van der Waals surface area contributed by atoms with Gasteiger partial charge in [0.15, 0.2) is 0 Å². The summed E-state index contributed by atoms with van der Waals surface area (Å²) in [6.07, 6.45) is 0.697. The average molecular weight is 499 g/mol. The Morgan fingerprint density at radius 2 is 1.61 bits per heavy atom. The van der Waals surface area contributed by atoms with Gasteiger partial charge in [0.05, 0.1) is 17.2 Å². The second-order valence-corrected chi connectivity index (χ2v) is 8.98. The van der Waals surface area contributed by atoms with Gasteiger partial charge in [0, 0.05) is 31.3 Å². The van der Waals surface area contributed by atoms with Crippen LogP contribution in [-0.2, 0) is 0 Å². The van der Waals surface area contributed by atoms with E-state index < -0.39 is 12.2 Å². The number of methoxy groups -OCH3 is 1. The van der Waals surface area contributed by atoms with Crippen molar-refractivity contribution in [2.24, 2.45) is 0 Å². The van der Waals surface area contributed by atoms with Crippen LogP contribution in [-0.4, -0.2) is 79.9 Å². The highest BCUT2D eigenvalue weighted by atomic mass is 35.5. The van der Waals surface area contributed by atoms with Crippen LogP contribution >= 0.6 is 23.2 Å². The molecule has 9 heteroatoms. The summed E-state index contributed by atoms with van der Waals surface area (Å²) in [6, 6.07) is 12.7. The van der Waals surface area contributed by atoms with Gasteiger partial charge in [0.25, 0.3) is 0 Å². The summed E-state index contributed by atoms with van der Waals surface area (Å²) in [7, 11) is 1.61. The maximum atomic E-state index is 10.3. The molecule has 1 heterocycles. The minimum Gasteiger partial charge on any atom is -0.497 e. The number of piperidine rings is 1. The number of aliphatic hydroxyl groups is 2. The minimum atomic E-state index is -0.602. The number of hydrogen-bond acceptors (Lipinski definition) is 7. The van der Waals surface area contributed by atoms with E-state index in [0.29, 0.717) is 40.7 Å². The first kappa shape index (κ1) is 25.9. The third kappa shape index (κ3) is 8.85. The summed E-state index contributed by atoms with van der Waals surface area (Å²) in [5.41, 5.74) is 0. The third-order valence-corrected chi connectivity index (χ3v) is 6.25. The molecule has 7 nitrogen and oxygen atoms in total. The second kappa shape index (κ2) is 13.2. The Morgan fingerprint density at radius 1 is 0.939 bits per heavy atom. The van der Waals surface area contributed by atoms with Crippen LogP contribution in [0.15, 0.2) is 42.5 Å². The van der Waals surface area contributed by atoms with E-state index in [-0.39, 0.29) is 13.2 Å². The van der Waals surface area contributed by atoms with Crippen LogP contribution in [0, 0.1) is 0 Å². The third-order valence-electron chi connectivity index (χ3n) is 5.52. The van der Waals surface area contributed by atoms with Gasteiger partial charge in [-0.25, -0.2) is 0 Å². The Hall–Kier alpha value is -1.74. The Morgan fingerprint density at radius 3 is 2.30 bits per heavy atom. The molecule has 1 aliphatic heterocycles. The van der Waals surface area contributed by atoms with Gasteiger partial charge >= 0.3 is 0 Å². The number of nitrogens with zero attached hydrogens (tertiary/aromatic N) is 1. The number of halogens is 2. The molecule has 182 valence electrons. The molecule has 2 aromatic carbocycles. The van der Waals surface area contributed by atoms with E-state index in [1.165, 1.54) is 0 Å². The van der Waals surface area contributed by atoms with Crippen LogP contribution in [0.2, 0.25) is 10.0 Å². The Bertz CT molecular complexity index is 864. The van der Waals surface area contributed by atoms with E-state index in [4.69, 9.17) is 37.4 Å². The highest BCUT2D eigenvalue weighted by Crippen LogP contribution is 2.26. The highest BCUT2D eigenvalue weighted by molar-refractivity contribution is 6.42. The molecule has 2 atom stereocenters. The number of nitrogens with one attached hydrogen (secondary N) is 1. The maximum Gasteiger partial charge on any atom is 0.123 e. The Balaban J connectivity index is 1.28. The molecule has 0 unspecified atom stereocenters.